The number of morpholine rings is 1. The number of hydrogen-bond acceptors (Lipinski definition) is 9. The van der Waals surface area contributed by atoms with Gasteiger partial charge in [0.1, 0.15) is 35.7 Å². The minimum Gasteiger partial charge on any atom is -0.444 e. The topological polar surface area (TPSA) is 131 Å². The predicted octanol–water partition coefficient (Wildman–Crippen LogP) is 4.68. The Labute approximate surface area is 276 Å². The number of anilines is 2. The third-order valence-electron chi connectivity index (χ3n) is 8.70. The van der Waals surface area contributed by atoms with Crippen LogP contribution in [0.4, 0.5) is 21.1 Å². The van der Waals surface area contributed by atoms with Crippen LogP contribution in [0.2, 0.25) is 25.7 Å². The number of rotatable bonds is 8. The maximum atomic E-state index is 13.7. The van der Waals surface area contributed by atoms with Gasteiger partial charge in [0.15, 0.2) is 0 Å². The van der Waals surface area contributed by atoms with Gasteiger partial charge in [-0.1, -0.05) is 31.8 Å². The van der Waals surface area contributed by atoms with Crippen LogP contribution in [0.25, 0.3) is 22.3 Å². The molecule has 3 saturated heterocycles. The fourth-order valence-electron chi connectivity index (χ4n) is 6.19. The second-order valence-corrected chi connectivity index (χ2v) is 20.3. The van der Waals surface area contributed by atoms with Crippen molar-refractivity contribution in [2.45, 2.75) is 70.7 Å². The molecular weight excluding hydrogens is 618 g/mol. The zero-order chi connectivity index (χ0) is 33.6. The van der Waals surface area contributed by atoms with E-state index in [9.17, 15) is 14.4 Å². The lowest BCUT2D eigenvalue weighted by atomic mass is 9.99. The molecule has 14 heteroatoms. The minimum absolute atomic E-state index is 0.0609. The zero-order valence-corrected chi connectivity index (χ0v) is 29.2. The van der Waals surface area contributed by atoms with E-state index in [4.69, 9.17) is 14.2 Å². The molecule has 1 atom stereocenters. The highest BCUT2D eigenvalue weighted by Gasteiger charge is 2.56. The Kier molecular flexibility index (Phi) is 8.78. The number of imide groups is 1. The van der Waals surface area contributed by atoms with Crippen molar-refractivity contribution in [3.63, 3.8) is 0 Å². The largest absolute Gasteiger partial charge is 0.444 e. The molecule has 2 aromatic heterocycles. The Morgan fingerprint density at radius 2 is 1.79 bits per heavy atom. The van der Waals surface area contributed by atoms with Crippen LogP contribution in [0, 0.1) is 0 Å². The quantitative estimate of drug-likeness (QED) is 0.207. The summed E-state index contributed by atoms with van der Waals surface area (Å²) in [6, 6.07) is 9.97. The van der Waals surface area contributed by atoms with Gasteiger partial charge in [-0.3, -0.25) is 4.79 Å². The van der Waals surface area contributed by atoms with Crippen LogP contribution >= 0.6 is 0 Å². The Balaban J connectivity index is 1.26. The van der Waals surface area contributed by atoms with Gasteiger partial charge in [0, 0.05) is 34.3 Å². The van der Waals surface area contributed by atoms with E-state index in [-0.39, 0.29) is 12.5 Å². The Hall–Kier alpha value is -4.01. The van der Waals surface area contributed by atoms with Gasteiger partial charge in [0.25, 0.3) is 5.91 Å². The number of amides is 4. The summed E-state index contributed by atoms with van der Waals surface area (Å²) in [5.41, 5.74) is 1.17. The SMILES string of the molecule is CC(C)(C)OC(=O)N1CCC2(C1)NC(=O)N(c1ccc(-c3cc4c(N5CCOCC5)ncnc4n3COCC[Si](C)(C)C)cc1)C2=O. The molecule has 6 rings (SSSR count). The smallest absolute Gasteiger partial charge is 0.410 e. The molecule has 3 aromatic rings. The lowest BCUT2D eigenvalue weighted by molar-refractivity contribution is -0.121. The van der Waals surface area contributed by atoms with Crippen molar-refractivity contribution < 1.29 is 28.6 Å². The van der Waals surface area contributed by atoms with Crippen LogP contribution in [0.5, 0.6) is 0 Å². The lowest BCUT2D eigenvalue weighted by Gasteiger charge is -2.28. The van der Waals surface area contributed by atoms with Gasteiger partial charge in [-0.2, -0.15) is 0 Å². The van der Waals surface area contributed by atoms with E-state index in [1.165, 1.54) is 9.80 Å². The van der Waals surface area contributed by atoms with E-state index in [0.717, 1.165) is 47.2 Å². The van der Waals surface area contributed by atoms with Gasteiger partial charge in [-0.25, -0.2) is 24.5 Å². The van der Waals surface area contributed by atoms with Gasteiger partial charge in [0.05, 0.1) is 36.5 Å². The number of hydrogen-bond donors (Lipinski definition) is 1. The molecule has 0 radical (unpaired) electrons. The predicted molar refractivity (Wildman–Crippen MR) is 181 cm³/mol. The number of ether oxygens (including phenoxy) is 3. The highest BCUT2D eigenvalue weighted by Crippen LogP contribution is 2.36. The lowest BCUT2D eigenvalue weighted by Crippen LogP contribution is -2.50. The van der Waals surface area contributed by atoms with E-state index in [1.54, 1.807) is 39.2 Å². The molecule has 3 aliphatic heterocycles. The van der Waals surface area contributed by atoms with E-state index in [2.05, 4.69) is 50.5 Å². The summed E-state index contributed by atoms with van der Waals surface area (Å²) in [5, 5.41) is 3.79. The molecule has 252 valence electrons. The first-order valence-corrected chi connectivity index (χ1v) is 20.0. The Morgan fingerprint density at radius 1 is 1.06 bits per heavy atom. The fourth-order valence-corrected chi connectivity index (χ4v) is 6.94. The first-order chi connectivity index (χ1) is 22.2. The highest BCUT2D eigenvalue weighted by molar-refractivity contribution is 6.76. The first-order valence-electron chi connectivity index (χ1n) is 16.2. The Morgan fingerprint density at radius 3 is 2.47 bits per heavy atom. The summed E-state index contributed by atoms with van der Waals surface area (Å²) < 4.78 is 19.3. The number of urea groups is 1. The molecule has 1 N–H and O–H groups in total. The standard InChI is InChI=1S/C33H45N7O6Si/c1-32(2,3)46-31(43)38-12-11-33(20-38)29(41)40(30(42)36-33)24-9-7-23(8-10-24)26-19-25-27(37-13-15-44-16-14-37)34-21-35-28(25)39(26)22-45-17-18-47(4,5)6/h7-10,19,21H,11-18,20,22H2,1-6H3,(H,36,42). The van der Waals surface area contributed by atoms with E-state index < -0.39 is 31.3 Å². The maximum absolute atomic E-state index is 13.7. The molecule has 13 nitrogen and oxygen atoms in total. The number of benzene rings is 1. The number of nitrogens with zero attached hydrogens (tertiary/aromatic N) is 6. The number of likely N-dealkylation sites (tertiary alicyclic amines) is 1. The molecule has 1 spiro atoms. The van der Waals surface area contributed by atoms with Crippen LogP contribution in [-0.2, 0) is 25.7 Å². The Bertz CT molecular complexity index is 1660. The molecule has 1 aromatic carbocycles. The van der Waals surface area contributed by atoms with Crippen molar-refractivity contribution in [3.05, 3.63) is 36.7 Å². The van der Waals surface area contributed by atoms with Crippen molar-refractivity contribution in [3.8, 4) is 11.3 Å². The van der Waals surface area contributed by atoms with Crippen molar-refractivity contribution in [1.82, 2.24) is 24.8 Å². The summed E-state index contributed by atoms with van der Waals surface area (Å²) in [7, 11) is -1.27. The van der Waals surface area contributed by atoms with Crippen LogP contribution < -0.4 is 15.1 Å². The number of carbonyl (C=O) groups is 3. The number of aromatic nitrogens is 3. The molecular formula is C33H45N7O6Si. The van der Waals surface area contributed by atoms with Crippen LogP contribution in [0.3, 0.4) is 0 Å². The number of fused-ring (bicyclic) bond motifs is 1. The second kappa shape index (κ2) is 12.5. The molecule has 0 saturated carbocycles. The van der Waals surface area contributed by atoms with Gasteiger partial charge in [-0.15, -0.1) is 0 Å². The van der Waals surface area contributed by atoms with Crippen LogP contribution in [-0.4, -0.2) is 103 Å². The monoisotopic (exact) mass is 663 g/mol. The first kappa shape index (κ1) is 32.9. The van der Waals surface area contributed by atoms with E-state index >= 15 is 0 Å². The zero-order valence-electron chi connectivity index (χ0n) is 28.2. The van der Waals surface area contributed by atoms with Crippen LogP contribution in [0.15, 0.2) is 36.7 Å². The third kappa shape index (κ3) is 6.85. The maximum Gasteiger partial charge on any atom is 0.410 e. The minimum atomic E-state index is -1.27. The number of nitrogens with one attached hydrogen (secondary N) is 1. The molecule has 47 heavy (non-hydrogen) atoms. The van der Waals surface area contributed by atoms with Crippen molar-refractivity contribution in [2.24, 2.45) is 0 Å². The average Bonchev–Trinajstić information content (AvgIpc) is 3.68. The summed E-state index contributed by atoms with van der Waals surface area (Å²) in [5.74, 6) is 0.482. The molecule has 0 bridgehead atoms. The number of carbonyl (C=O) groups excluding carboxylic acids is 3. The highest BCUT2D eigenvalue weighted by atomic mass is 28.3. The van der Waals surface area contributed by atoms with Crippen molar-refractivity contribution in [1.29, 1.82) is 0 Å². The van der Waals surface area contributed by atoms with Gasteiger partial charge >= 0.3 is 12.1 Å². The molecule has 1 unspecified atom stereocenters. The summed E-state index contributed by atoms with van der Waals surface area (Å²) in [6.07, 6.45) is 1.41. The molecule has 5 heterocycles. The molecule has 3 fully saturated rings. The normalized spacial score (nSPS) is 20.5. The van der Waals surface area contributed by atoms with E-state index in [1.807, 2.05) is 12.1 Å². The molecule has 0 aliphatic carbocycles. The van der Waals surface area contributed by atoms with Gasteiger partial charge in [-0.05, 0) is 57.0 Å². The summed E-state index contributed by atoms with van der Waals surface area (Å²) in [4.78, 5) is 53.8. The van der Waals surface area contributed by atoms with Crippen molar-refractivity contribution >= 4 is 48.6 Å². The average molecular weight is 664 g/mol. The summed E-state index contributed by atoms with van der Waals surface area (Å²) >= 11 is 0. The van der Waals surface area contributed by atoms with Gasteiger partial charge in [0.2, 0.25) is 0 Å². The van der Waals surface area contributed by atoms with Crippen LogP contribution in [0.1, 0.15) is 27.2 Å². The van der Waals surface area contributed by atoms with Gasteiger partial charge < -0.3 is 33.9 Å². The molecule has 3 aliphatic rings. The van der Waals surface area contributed by atoms with Crippen molar-refractivity contribution in [2.75, 3.05) is 55.8 Å². The summed E-state index contributed by atoms with van der Waals surface area (Å²) in [6.45, 7) is 16.5. The van der Waals surface area contributed by atoms with E-state index in [0.29, 0.717) is 45.2 Å². The third-order valence-corrected chi connectivity index (χ3v) is 10.4. The fraction of sp³-hybridized carbons (Fsp3) is 0.545. The molecule has 4 amide bonds. The second-order valence-electron chi connectivity index (χ2n) is 14.7.